The number of likely N-dealkylation sites (N-methyl/N-ethyl adjacent to an activating group) is 1. The molecule has 1 fully saturated rings. The number of hydrogen-bond acceptors (Lipinski definition) is 6. The lowest BCUT2D eigenvalue weighted by Gasteiger charge is -2.22. The SMILES string of the molecule is CN(CCN1CCCC1)Cc1cccc([N+](=O)[O-])c1NN. The molecule has 1 heterocycles. The standard InChI is InChI=1S/C14H23N5O2/c1-17(9-10-18-7-2-3-8-18)11-12-5-4-6-13(19(20)21)14(12)16-15/h4-6,16H,2-3,7-11,15H2,1H3. The molecule has 2 rings (SSSR count). The van der Waals surface area contributed by atoms with Gasteiger partial charge in [0.2, 0.25) is 0 Å². The minimum atomic E-state index is -0.414. The topological polar surface area (TPSA) is 87.7 Å². The van der Waals surface area contributed by atoms with Gasteiger partial charge in [-0.05, 0) is 38.5 Å². The molecule has 0 bridgehead atoms. The van der Waals surface area contributed by atoms with Crippen molar-refractivity contribution in [1.29, 1.82) is 0 Å². The lowest BCUT2D eigenvalue weighted by Crippen LogP contribution is -2.31. The molecule has 0 saturated carbocycles. The fourth-order valence-corrected chi connectivity index (χ4v) is 2.73. The van der Waals surface area contributed by atoms with Gasteiger partial charge in [-0.3, -0.25) is 16.0 Å². The molecule has 7 heteroatoms. The van der Waals surface area contributed by atoms with Crippen molar-refractivity contribution in [3.63, 3.8) is 0 Å². The summed E-state index contributed by atoms with van der Waals surface area (Å²) in [7, 11) is 2.02. The van der Waals surface area contributed by atoms with Crippen LogP contribution in [0.25, 0.3) is 0 Å². The zero-order chi connectivity index (χ0) is 15.2. The first-order chi connectivity index (χ1) is 10.1. The fraction of sp³-hybridized carbons (Fsp3) is 0.571. The van der Waals surface area contributed by atoms with Crippen LogP contribution in [-0.4, -0.2) is 47.9 Å². The van der Waals surface area contributed by atoms with Gasteiger partial charge in [-0.25, -0.2) is 0 Å². The van der Waals surface area contributed by atoms with Crippen LogP contribution in [0.1, 0.15) is 18.4 Å². The van der Waals surface area contributed by atoms with Crippen molar-refractivity contribution in [2.24, 2.45) is 5.84 Å². The Morgan fingerprint density at radius 3 is 2.76 bits per heavy atom. The van der Waals surface area contributed by atoms with Gasteiger partial charge in [0.05, 0.1) is 4.92 Å². The van der Waals surface area contributed by atoms with Crippen molar-refractivity contribution in [2.75, 3.05) is 38.7 Å². The maximum atomic E-state index is 11.0. The summed E-state index contributed by atoms with van der Waals surface area (Å²) in [5, 5.41) is 11.0. The Kier molecular flexibility index (Phi) is 5.49. The van der Waals surface area contributed by atoms with Crippen molar-refractivity contribution in [3.8, 4) is 0 Å². The van der Waals surface area contributed by atoms with Crippen LogP contribution in [0.3, 0.4) is 0 Å². The summed E-state index contributed by atoms with van der Waals surface area (Å²) >= 11 is 0. The maximum absolute atomic E-state index is 11.0. The number of nitro groups is 1. The van der Waals surface area contributed by atoms with Crippen LogP contribution in [-0.2, 0) is 6.54 Å². The quantitative estimate of drug-likeness (QED) is 0.449. The molecule has 0 aromatic heterocycles. The first kappa shape index (κ1) is 15.7. The van der Waals surface area contributed by atoms with Crippen LogP contribution in [0.5, 0.6) is 0 Å². The smallest absolute Gasteiger partial charge is 0.293 e. The lowest BCUT2D eigenvalue weighted by atomic mass is 10.1. The molecule has 1 saturated heterocycles. The first-order valence-corrected chi connectivity index (χ1v) is 7.25. The van der Waals surface area contributed by atoms with Crippen LogP contribution >= 0.6 is 0 Å². The van der Waals surface area contributed by atoms with E-state index in [9.17, 15) is 10.1 Å². The van der Waals surface area contributed by atoms with Gasteiger partial charge in [-0.15, -0.1) is 0 Å². The molecule has 0 atom stereocenters. The zero-order valence-corrected chi connectivity index (χ0v) is 12.4. The number of hydrazine groups is 1. The summed E-state index contributed by atoms with van der Waals surface area (Å²) in [6.07, 6.45) is 2.58. The number of rotatable bonds is 7. The second-order valence-corrected chi connectivity index (χ2v) is 5.50. The maximum Gasteiger partial charge on any atom is 0.293 e. The van der Waals surface area contributed by atoms with Crippen LogP contribution < -0.4 is 11.3 Å². The van der Waals surface area contributed by atoms with E-state index in [4.69, 9.17) is 5.84 Å². The average Bonchev–Trinajstić information content (AvgIpc) is 2.98. The van der Waals surface area contributed by atoms with Crippen LogP contribution in [0.15, 0.2) is 18.2 Å². The number of hydrogen-bond donors (Lipinski definition) is 2. The molecule has 1 aromatic carbocycles. The van der Waals surface area contributed by atoms with Crippen molar-refractivity contribution in [3.05, 3.63) is 33.9 Å². The van der Waals surface area contributed by atoms with E-state index in [-0.39, 0.29) is 5.69 Å². The highest BCUT2D eigenvalue weighted by Gasteiger charge is 2.18. The van der Waals surface area contributed by atoms with Crippen molar-refractivity contribution in [2.45, 2.75) is 19.4 Å². The Labute approximate surface area is 124 Å². The Morgan fingerprint density at radius 2 is 2.14 bits per heavy atom. The van der Waals surface area contributed by atoms with E-state index in [0.717, 1.165) is 18.7 Å². The van der Waals surface area contributed by atoms with Crippen LogP contribution in [0.4, 0.5) is 11.4 Å². The largest absolute Gasteiger partial charge is 0.318 e. The van der Waals surface area contributed by atoms with E-state index in [1.54, 1.807) is 6.07 Å². The number of likely N-dealkylation sites (tertiary alicyclic amines) is 1. The highest BCUT2D eigenvalue weighted by molar-refractivity contribution is 5.65. The molecule has 0 spiro atoms. The molecule has 7 nitrogen and oxygen atoms in total. The minimum absolute atomic E-state index is 0.0166. The minimum Gasteiger partial charge on any atom is -0.318 e. The number of nitro benzene ring substituents is 1. The molecule has 1 aromatic rings. The zero-order valence-electron chi connectivity index (χ0n) is 12.4. The fourth-order valence-electron chi connectivity index (χ4n) is 2.73. The number of nitrogens with zero attached hydrogens (tertiary/aromatic N) is 3. The van der Waals surface area contributed by atoms with E-state index in [1.807, 2.05) is 13.1 Å². The second kappa shape index (κ2) is 7.35. The number of nitrogens with two attached hydrogens (primary N) is 1. The summed E-state index contributed by atoms with van der Waals surface area (Å²) in [6.45, 7) is 4.97. The van der Waals surface area contributed by atoms with Crippen LogP contribution in [0, 0.1) is 10.1 Å². The molecule has 0 aliphatic carbocycles. The molecule has 3 N–H and O–H groups in total. The monoisotopic (exact) mass is 293 g/mol. The summed E-state index contributed by atoms with van der Waals surface area (Å²) < 4.78 is 0. The van der Waals surface area contributed by atoms with Gasteiger partial charge in [0.15, 0.2) is 0 Å². The van der Waals surface area contributed by atoms with Gasteiger partial charge in [-0.2, -0.15) is 0 Å². The highest BCUT2D eigenvalue weighted by atomic mass is 16.6. The molecule has 0 unspecified atom stereocenters. The average molecular weight is 293 g/mol. The Hall–Kier alpha value is -1.70. The number of nitrogen functional groups attached to an aromatic ring is 1. The van der Waals surface area contributed by atoms with E-state index in [1.165, 1.54) is 32.0 Å². The number of benzene rings is 1. The van der Waals surface area contributed by atoms with E-state index in [2.05, 4.69) is 15.2 Å². The summed E-state index contributed by atoms with van der Waals surface area (Å²) in [5.41, 5.74) is 3.73. The summed E-state index contributed by atoms with van der Waals surface area (Å²) in [6, 6.07) is 5.03. The van der Waals surface area contributed by atoms with Crippen LogP contribution in [0.2, 0.25) is 0 Å². The molecule has 0 radical (unpaired) electrons. The van der Waals surface area contributed by atoms with Gasteiger partial charge >= 0.3 is 0 Å². The Morgan fingerprint density at radius 1 is 1.43 bits per heavy atom. The molecular weight excluding hydrogens is 270 g/mol. The first-order valence-electron chi connectivity index (χ1n) is 7.25. The predicted molar refractivity (Wildman–Crippen MR) is 82.9 cm³/mol. The molecule has 116 valence electrons. The number of anilines is 1. The molecule has 1 aliphatic heterocycles. The third-order valence-electron chi connectivity index (χ3n) is 3.91. The highest BCUT2D eigenvalue weighted by Crippen LogP contribution is 2.28. The normalized spacial score (nSPS) is 15.6. The van der Waals surface area contributed by atoms with Gasteiger partial charge in [0.25, 0.3) is 5.69 Å². The Balaban J connectivity index is 1.97. The van der Waals surface area contributed by atoms with Gasteiger partial charge in [-0.1, -0.05) is 12.1 Å². The lowest BCUT2D eigenvalue weighted by molar-refractivity contribution is -0.384. The molecule has 21 heavy (non-hydrogen) atoms. The van der Waals surface area contributed by atoms with E-state index < -0.39 is 4.92 Å². The Bertz CT molecular complexity index is 488. The summed E-state index contributed by atoms with van der Waals surface area (Å²) in [4.78, 5) is 15.2. The van der Waals surface area contributed by atoms with Crippen molar-refractivity contribution < 1.29 is 4.92 Å². The van der Waals surface area contributed by atoms with Gasteiger partial charge in [0.1, 0.15) is 5.69 Å². The third-order valence-corrected chi connectivity index (χ3v) is 3.91. The summed E-state index contributed by atoms with van der Waals surface area (Å²) in [5.74, 6) is 5.46. The van der Waals surface area contributed by atoms with Gasteiger partial charge < -0.3 is 15.2 Å². The van der Waals surface area contributed by atoms with Crippen molar-refractivity contribution >= 4 is 11.4 Å². The van der Waals surface area contributed by atoms with Crippen molar-refractivity contribution in [1.82, 2.24) is 9.80 Å². The van der Waals surface area contributed by atoms with E-state index >= 15 is 0 Å². The predicted octanol–water partition coefficient (Wildman–Crippen LogP) is 1.41. The molecule has 1 aliphatic rings. The molecule has 0 amide bonds. The second-order valence-electron chi connectivity index (χ2n) is 5.50. The van der Waals surface area contributed by atoms with E-state index in [0.29, 0.717) is 12.2 Å². The third kappa shape index (κ3) is 4.13. The number of para-hydroxylation sites is 1. The van der Waals surface area contributed by atoms with Gasteiger partial charge in [0, 0.05) is 25.7 Å². The molecular formula is C14H23N5O2. The number of nitrogens with one attached hydrogen (secondary N) is 1.